The first-order valence-electron chi connectivity index (χ1n) is 6.12. The molecule has 0 aliphatic carbocycles. The predicted molar refractivity (Wildman–Crippen MR) is 69.6 cm³/mol. The molecule has 0 saturated carbocycles. The molecule has 17 heavy (non-hydrogen) atoms. The van der Waals surface area contributed by atoms with Crippen molar-refractivity contribution in [1.29, 1.82) is 0 Å². The summed E-state index contributed by atoms with van der Waals surface area (Å²) in [7, 11) is 3.43. The Labute approximate surface area is 105 Å². The highest BCUT2D eigenvalue weighted by molar-refractivity contribution is 5.77. The van der Waals surface area contributed by atoms with Gasteiger partial charge in [-0.15, -0.1) is 0 Å². The van der Waals surface area contributed by atoms with Crippen LogP contribution in [-0.4, -0.2) is 37.4 Å². The van der Waals surface area contributed by atoms with Crippen LogP contribution in [0.1, 0.15) is 40.5 Å². The van der Waals surface area contributed by atoms with Crippen molar-refractivity contribution in [2.45, 2.75) is 40.5 Å². The van der Waals surface area contributed by atoms with Crippen molar-refractivity contribution in [3.05, 3.63) is 0 Å². The molecule has 2 amide bonds. The van der Waals surface area contributed by atoms with Crippen LogP contribution in [0, 0.1) is 11.3 Å². The molecular formula is C13H26N2O2. The van der Waals surface area contributed by atoms with E-state index in [-0.39, 0.29) is 17.2 Å². The van der Waals surface area contributed by atoms with Gasteiger partial charge in [0.05, 0.1) is 0 Å². The fourth-order valence-corrected chi connectivity index (χ4v) is 1.81. The molecular weight excluding hydrogens is 216 g/mol. The van der Waals surface area contributed by atoms with E-state index in [0.717, 1.165) is 0 Å². The van der Waals surface area contributed by atoms with Crippen molar-refractivity contribution in [3.63, 3.8) is 0 Å². The summed E-state index contributed by atoms with van der Waals surface area (Å²) < 4.78 is 0. The molecule has 0 spiro atoms. The molecule has 0 radical (unpaired) electrons. The van der Waals surface area contributed by atoms with E-state index < -0.39 is 0 Å². The highest BCUT2D eigenvalue weighted by Crippen LogP contribution is 2.21. The van der Waals surface area contributed by atoms with Crippen LogP contribution < -0.4 is 5.32 Å². The Morgan fingerprint density at radius 2 is 1.82 bits per heavy atom. The number of amides is 2. The highest BCUT2D eigenvalue weighted by Gasteiger charge is 2.25. The van der Waals surface area contributed by atoms with Gasteiger partial charge < -0.3 is 10.2 Å². The minimum atomic E-state index is -0.193. The van der Waals surface area contributed by atoms with Crippen LogP contribution in [0.5, 0.6) is 0 Å². The van der Waals surface area contributed by atoms with Crippen LogP contribution in [-0.2, 0) is 9.59 Å². The maximum Gasteiger partial charge on any atom is 0.222 e. The van der Waals surface area contributed by atoms with E-state index in [9.17, 15) is 9.59 Å². The van der Waals surface area contributed by atoms with Crippen molar-refractivity contribution in [2.24, 2.45) is 11.3 Å². The molecule has 100 valence electrons. The molecule has 0 aromatic carbocycles. The Hall–Kier alpha value is -1.06. The molecule has 0 rings (SSSR count). The van der Waals surface area contributed by atoms with E-state index in [2.05, 4.69) is 5.32 Å². The molecule has 0 aliphatic rings. The summed E-state index contributed by atoms with van der Waals surface area (Å²) in [6, 6.07) is 0. The van der Waals surface area contributed by atoms with Gasteiger partial charge in [0.15, 0.2) is 0 Å². The molecule has 0 unspecified atom stereocenters. The lowest BCUT2D eigenvalue weighted by molar-refractivity contribution is -0.133. The summed E-state index contributed by atoms with van der Waals surface area (Å²) in [6.07, 6.45) is 0.995. The van der Waals surface area contributed by atoms with Gasteiger partial charge in [0.1, 0.15) is 0 Å². The quantitative estimate of drug-likeness (QED) is 0.770. The first-order valence-corrected chi connectivity index (χ1v) is 6.12. The number of hydrogen-bond donors (Lipinski definition) is 1. The Morgan fingerprint density at radius 1 is 1.29 bits per heavy atom. The first kappa shape index (κ1) is 15.9. The minimum absolute atomic E-state index is 0.0136. The second-order valence-corrected chi connectivity index (χ2v) is 5.86. The lowest BCUT2D eigenvalue weighted by Gasteiger charge is -2.30. The molecule has 4 nitrogen and oxygen atoms in total. The number of carbonyl (C=O) groups excluding carboxylic acids is 2. The third-order valence-electron chi connectivity index (χ3n) is 2.59. The van der Waals surface area contributed by atoms with E-state index in [1.165, 1.54) is 0 Å². The summed E-state index contributed by atoms with van der Waals surface area (Å²) in [5.74, 6) is 0.525. The van der Waals surface area contributed by atoms with Crippen LogP contribution in [0.25, 0.3) is 0 Å². The summed E-state index contributed by atoms with van der Waals surface area (Å²) in [6.45, 7) is 8.66. The zero-order chi connectivity index (χ0) is 13.6. The van der Waals surface area contributed by atoms with E-state index in [1.807, 2.05) is 27.7 Å². The molecule has 0 heterocycles. The van der Waals surface area contributed by atoms with Gasteiger partial charge in [0.2, 0.25) is 11.8 Å². The monoisotopic (exact) mass is 242 g/mol. The molecule has 1 N–H and O–H groups in total. The molecule has 4 heteroatoms. The van der Waals surface area contributed by atoms with Gasteiger partial charge in [-0.05, 0) is 11.3 Å². The van der Waals surface area contributed by atoms with Crippen molar-refractivity contribution >= 4 is 11.8 Å². The number of nitrogens with one attached hydrogen (secondary N) is 1. The van der Waals surface area contributed by atoms with Crippen LogP contribution >= 0.6 is 0 Å². The second-order valence-electron chi connectivity index (χ2n) is 5.86. The van der Waals surface area contributed by atoms with E-state index in [4.69, 9.17) is 0 Å². The average molecular weight is 242 g/mol. The third-order valence-corrected chi connectivity index (χ3v) is 2.59. The fourth-order valence-electron chi connectivity index (χ4n) is 1.81. The lowest BCUT2D eigenvalue weighted by Crippen LogP contribution is -2.38. The van der Waals surface area contributed by atoms with Gasteiger partial charge in [0.25, 0.3) is 0 Å². The molecule has 0 atom stereocenters. The summed E-state index contributed by atoms with van der Waals surface area (Å²) in [4.78, 5) is 24.9. The van der Waals surface area contributed by atoms with Crippen LogP contribution in [0.15, 0.2) is 0 Å². The number of hydrogen-bond acceptors (Lipinski definition) is 2. The summed E-state index contributed by atoms with van der Waals surface area (Å²) >= 11 is 0. The van der Waals surface area contributed by atoms with Crippen LogP contribution in [0.2, 0.25) is 0 Å². The third kappa shape index (κ3) is 6.97. The summed E-state index contributed by atoms with van der Waals surface area (Å²) in [5.41, 5.74) is -0.193. The topological polar surface area (TPSA) is 49.4 Å². The molecule has 0 aromatic heterocycles. The average Bonchev–Trinajstić information content (AvgIpc) is 2.14. The van der Waals surface area contributed by atoms with Crippen LogP contribution in [0.4, 0.5) is 0 Å². The zero-order valence-electron chi connectivity index (χ0n) is 12.0. The Bertz CT molecular complexity index is 273. The number of nitrogens with zero attached hydrogens (tertiary/aromatic N) is 1. The number of carbonyl (C=O) groups is 2. The molecule has 0 saturated heterocycles. The fraction of sp³-hybridized carbons (Fsp3) is 0.846. The van der Waals surface area contributed by atoms with Crippen molar-refractivity contribution in [3.8, 4) is 0 Å². The van der Waals surface area contributed by atoms with Gasteiger partial charge in [-0.2, -0.15) is 0 Å². The molecule has 0 bridgehead atoms. The molecule has 0 aromatic rings. The standard InChI is InChI=1S/C13H26N2O2/c1-10(2)7-12(17)15(6)9-13(3,4)8-11(16)14-5/h10H,7-9H2,1-6H3,(H,14,16). The second kappa shape index (κ2) is 6.62. The van der Waals surface area contributed by atoms with E-state index in [0.29, 0.717) is 25.3 Å². The first-order chi connectivity index (χ1) is 7.68. The maximum atomic E-state index is 11.8. The van der Waals surface area contributed by atoms with Gasteiger partial charge in [-0.3, -0.25) is 9.59 Å². The Kier molecular flexibility index (Phi) is 6.21. The molecule has 0 aliphatic heterocycles. The van der Waals surface area contributed by atoms with Crippen molar-refractivity contribution in [1.82, 2.24) is 10.2 Å². The van der Waals surface area contributed by atoms with Crippen molar-refractivity contribution < 1.29 is 9.59 Å². The van der Waals surface area contributed by atoms with Gasteiger partial charge in [-0.1, -0.05) is 27.7 Å². The lowest BCUT2D eigenvalue weighted by atomic mass is 9.88. The van der Waals surface area contributed by atoms with Gasteiger partial charge in [0, 0.05) is 33.5 Å². The van der Waals surface area contributed by atoms with Crippen molar-refractivity contribution in [2.75, 3.05) is 20.6 Å². The maximum absolute atomic E-state index is 11.8. The minimum Gasteiger partial charge on any atom is -0.359 e. The smallest absolute Gasteiger partial charge is 0.222 e. The van der Waals surface area contributed by atoms with Crippen LogP contribution in [0.3, 0.4) is 0 Å². The van der Waals surface area contributed by atoms with Gasteiger partial charge in [-0.25, -0.2) is 0 Å². The Morgan fingerprint density at radius 3 is 2.24 bits per heavy atom. The zero-order valence-corrected chi connectivity index (χ0v) is 12.0. The van der Waals surface area contributed by atoms with Gasteiger partial charge >= 0.3 is 0 Å². The predicted octanol–water partition coefficient (Wildman–Crippen LogP) is 1.65. The number of rotatable bonds is 6. The largest absolute Gasteiger partial charge is 0.359 e. The Balaban J connectivity index is 4.30. The van der Waals surface area contributed by atoms with E-state index in [1.54, 1.807) is 19.0 Å². The molecule has 0 fully saturated rings. The summed E-state index contributed by atoms with van der Waals surface area (Å²) in [5, 5.41) is 2.61. The SMILES string of the molecule is CNC(=O)CC(C)(C)CN(C)C(=O)CC(C)C. The normalized spacial score (nSPS) is 11.5. The highest BCUT2D eigenvalue weighted by atomic mass is 16.2. The van der Waals surface area contributed by atoms with E-state index >= 15 is 0 Å².